The molecule has 0 aromatic carbocycles. The van der Waals surface area contributed by atoms with E-state index in [2.05, 4.69) is 42.9 Å². The lowest BCUT2D eigenvalue weighted by atomic mass is 10.1. The van der Waals surface area contributed by atoms with Crippen molar-refractivity contribution in [2.45, 2.75) is 25.8 Å². The molecular formula is C21H25N7O2. The standard InChI is InChI=1S/C21H25N7O2/c1-14-25-20-18(28(14)16-4-8-30-9-5-16)11-15(12-23-20)17-3-7-27-19(17)13-24-21(26-27)22-6-10-29-2/h3,7,11-13,16H,4-6,8-10H2,1-2H3,(H,22,26). The Morgan fingerprint density at radius 1 is 1.20 bits per heavy atom. The maximum atomic E-state index is 5.54. The highest BCUT2D eigenvalue weighted by Crippen LogP contribution is 2.31. The summed E-state index contributed by atoms with van der Waals surface area (Å²) >= 11 is 0. The van der Waals surface area contributed by atoms with E-state index >= 15 is 0 Å². The molecule has 0 radical (unpaired) electrons. The predicted molar refractivity (Wildman–Crippen MR) is 114 cm³/mol. The van der Waals surface area contributed by atoms with Crippen LogP contribution in [0.1, 0.15) is 24.7 Å². The largest absolute Gasteiger partial charge is 0.383 e. The first-order valence-electron chi connectivity index (χ1n) is 10.2. The number of aryl methyl sites for hydroxylation is 1. The molecule has 9 nitrogen and oxygen atoms in total. The summed E-state index contributed by atoms with van der Waals surface area (Å²) in [7, 11) is 1.67. The van der Waals surface area contributed by atoms with Gasteiger partial charge in [-0.15, -0.1) is 5.10 Å². The van der Waals surface area contributed by atoms with E-state index in [1.54, 1.807) is 7.11 Å². The Hall–Kier alpha value is -3.04. The van der Waals surface area contributed by atoms with Crippen molar-refractivity contribution in [2.75, 3.05) is 38.8 Å². The number of anilines is 1. The molecule has 0 spiro atoms. The highest BCUT2D eigenvalue weighted by Gasteiger charge is 2.21. The summed E-state index contributed by atoms with van der Waals surface area (Å²) in [6, 6.07) is 4.63. The van der Waals surface area contributed by atoms with Gasteiger partial charge in [0.15, 0.2) is 5.65 Å². The molecule has 0 amide bonds. The van der Waals surface area contributed by atoms with Crippen molar-refractivity contribution in [2.24, 2.45) is 0 Å². The fourth-order valence-corrected chi connectivity index (χ4v) is 4.13. The quantitative estimate of drug-likeness (QED) is 0.491. The Balaban J connectivity index is 1.52. The van der Waals surface area contributed by atoms with E-state index in [0.717, 1.165) is 59.7 Å². The van der Waals surface area contributed by atoms with Crippen LogP contribution in [0.3, 0.4) is 0 Å². The van der Waals surface area contributed by atoms with E-state index in [-0.39, 0.29) is 0 Å². The average Bonchev–Trinajstić information content (AvgIpc) is 3.33. The van der Waals surface area contributed by atoms with E-state index in [1.165, 1.54) is 0 Å². The van der Waals surface area contributed by atoms with Crippen molar-refractivity contribution in [3.8, 4) is 11.1 Å². The van der Waals surface area contributed by atoms with E-state index in [0.29, 0.717) is 25.1 Å². The van der Waals surface area contributed by atoms with Crippen molar-refractivity contribution >= 4 is 22.6 Å². The molecule has 0 saturated carbocycles. The van der Waals surface area contributed by atoms with Crippen LogP contribution < -0.4 is 5.32 Å². The first-order chi connectivity index (χ1) is 14.7. The number of hydrogen-bond acceptors (Lipinski definition) is 7. The fourth-order valence-electron chi connectivity index (χ4n) is 4.13. The number of aromatic nitrogens is 6. The molecule has 30 heavy (non-hydrogen) atoms. The molecular weight excluding hydrogens is 382 g/mol. The highest BCUT2D eigenvalue weighted by molar-refractivity contribution is 5.85. The SMILES string of the molecule is COCCNc1ncc2c(-c3cnc4nc(C)n(C5CCOCC5)c4c3)ccn2n1. The number of nitrogens with one attached hydrogen (secondary N) is 1. The lowest BCUT2D eigenvalue weighted by Crippen LogP contribution is -2.20. The molecule has 0 aliphatic carbocycles. The molecule has 1 saturated heterocycles. The highest BCUT2D eigenvalue weighted by atomic mass is 16.5. The fraction of sp³-hybridized carbons (Fsp3) is 0.429. The van der Waals surface area contributed by atoms with Gasteiger partial charge in [-0.3, -0.25) is 0 Å². The van der Waals surface area contributed by atoms with E-state index < -0.39 is 0 Å². The number of nitrogens with zero attached hydrogens (tertiary/aromatic N) is 6. The van der Waals surface area contributed by atoms with E-state index in [9.17, 15) is 0 Å². The van der Waals surface area contributed by atoms with Gasteiger partial charge in [-0.1, -0.05) is 0 Å². The van der Waals surface area contributed by atoms with Gasteiger partial charge in [-0.2, -0.15) is 0 Å². The topological polar surface area (TPSA) is 91.4 Å². The third-order valence-corrected chi connectivity index (χ3v) is 5.60. The summed E-state index contributed by atoms with van der Waals surface area (Å²) in [6.45, 7) is 4.89. The molecule has 4 aromatic heterocycles. The third kappa shape index (κ3) is 3.40. The van der Waals surface area contributed by atoms with Gasteiger partial charge in [-0.05, 0) is 31.9 Å². The Labute approximate surface area is 174 Å². The van der Waals surface area contributed by atoms with Gasteiger partial charge in [-0.25, -0.2) is 19.5 Å². The number of pyridine rings is 1. The minimum atomic E-state index is 0.399. The van der Waals surface area contributed by atoms with Crippen molar-refractivity contribution in [3.05, 3.63) is 36.5 Å². The summed E-state index contributed by atoms with van der Waals surface area (Å²) in [4.78, 5) is 13.8. The summed E-state index contributed by atoms with van der Waals surface area (Å²) < 4.78 is 14.8. The summed E-state index contributed by atoms with van der Waals surface area (Å²) in [5.74, 6) is 1.57. The van der Waals surface area contributed by atoms with Crippen molar-refractivity contribution in [1.82, 2.24) is 29.1 Å². The van der Waals surface area contributed by atoms with E-state index in [1.807, 2.05) is 29.2 Å². The number of imidazole rings is 1. The second kappa shape index (κ2) is 8.00. The average molecular weight is 407 g/mol. The zero-order chi connectivity index (χ0) is 20.5. The van der Waals surface area contributed by atoms with Crippen LogP contribution in [-0.4, -0.2) is 62.6 Å². The Morgan fingerprint density at radius 3 is 2.90 bits per heavy atom. The Bertz CT molecular complexity index is 1180. The molecule has 0 bridgehead atoms. The normalized spacial score (nSPS) is 15.3. The second-order valence-corrected chi connectivity index (χ2v) is 7.50. The minimum absolute atomic E-state index is 0.399. The first-order valence-corrected chi connectivity index (χ1v) is 10.2. The maximum absolute atomic E-state index is 5.54. The molecule has 1 N–H and O–H groups in total. The molecule has 1 aliphatic heterocycles. The first kappa shape index (κ1) is 19.0. The smallest absolute Gasteiger partial charge is 0.241 e. The van der Waals surface area contributed by atoms with Crippen LogP contribution in [-0.2, 0) is 9.47 Å². The van der Waals surface area contributed by atoms with Gasteiger partial charge in [0.05, 0.1) is 23.8 Å². The minimum Gasteiger partial charge on any atom is -0.383 e. The zero-order valence-corrected chi connectivity index (χ0v) is 17.2. The van der Waals surface area contributed by atoms with Gasteiger partial charge in [0, 0.05) is 56.4 Å². The van der Waals surface area contributed by atoms with Crippen molar-refractivity contribution < 1.29 is 9.47 Å². The van der Waals surface area contributed by atoms with Gasteiger partial charge >= 0.3 is 0 Å². The molecule has 5 rings (SSSR count). The van der Waals surface area contributed by atoms with Crippen LogP contribution in [0, 0.1) is 6.92 Å². The monoisotopic (exact) mass is 407 g/mol. The number of rotatable bonds is 6. The van der Waals surface area contributed by atoms with Gasteiger partial charge in [0.25, 0.3) is 0 Å². The van der Waals surface area contributed by atoms with E-state index in [4.69, 9.17) is 9.47 Å². The van der Waals surface area contributed by atoms with Crippen LogP contribution in [0.5, 0.6) is 0 Å². The molecule has 156 valence electrons. The number of fused-ring (bicyclic) bond motifs is 2. The molecule has 0 unspecified atom stereocenters. The van der Waals surface area contributed by atoms with Crippen LogP contribution >= 0.6 is 0 Å². The number of hydrogen-bond donors (Lipinski definition) is 1. The van der Waals surface area contributed by atoms with Crippen LogP contribution in [0.25, 0.3) is 27.8 Å². The number of ether oxygens (including phenoxy) is 2. The summed E-state index contributed by atoms with van der Waals surface area (Å²) in [6.07, 6.45) is 7.65. The molecule has 1 fully saturated rings. The van der Waals surface area contributed by atoms with Crippen molar-refractivity contribution in [1.29, 1.82) is 0 Å². The molecule has 5 heterocycles. The maximum Gasteiger partial charge on any atom is 0.241 e. The number of methoxy groups -OCH3 is 1. The van der Waals surface area contributed by atoms with Crippen LogP contribution in [0.2, 0.25) is 0 Å². The van der Waals surface area contributed by atoms with Gasteiger partial charge in [0.2, 0.25) is 5.95 Å². The van der Waals surface area contributed by atoms with Gasteiger partial charge < -0.3 is 19.4 Å². The van der Waals surface area contributed by atoms with Crippen molar-refractivity contribution in [3.63, 3.8) is 0 Å². The third-order valence-electron chi connectivity index (χ3n) is 5.60. The molecule has 4 aromatic rings. The Kier molecular flexibility index (Phi) is 5.06. The molecule has 9 heteroatoms. The lowest BCUT2D eigenvalue weighted by Gasteiger charge is -2.25. The van der Waals surface area contributed by atoms with Crippen LogP contribution in [0.4, 0.5) is 5.95 Å². The Morgan fingerprint density at radius 2 is 2.07 bits per heavy atom. The lowest BCUT2D eigenvalue weighted by molar-refractivity contribution is 0.0701. The van der Waals surface area contributed by atoms with Gasteiger partial charge in [0.1, 0.15) is 5.82 Å². The zero-order valence-electron chi connectivity index (χ0n) is 17.2. The van der Waals surface area contributed by atoms with Crippen LogP contribution in [0.15, 0.2) is 30.7 Å². The second-order valence-electron chi connectivity index (χ2n) is 7.50. The summed E-state index contributed by atoms with van der Waals surface area (Å²) in [5.41, 5.74) is 4.86. The molecule has 0 atom stereocenters. The summed E-state index contributed by atoms with van der Waals surface area (Å²) in [5, 5.41) is 7.69. The predicted octanol–water partition coefficient (Wildman–Crippen LogP) is 2.86. The molecule has 1 aliphatic rings.